The summed E-state index contributed by atoms with van der Waals surface area (Å²) in [4.78, 5) is -0.229. The molecule has 3 N–H and O–H groups in total. The highest BCUT2D eigenvalue weighted by molar-refractivity contribution is 7.89. The van der Waals surface area contributed by atoms with E-state index < -0.39 is 15.8 Å². The van der Waals surface area contributed by atoms with E-state index in [1.165, 1.54) is 0 Å². The summed E-state index contributed by atoms with van der Waals surface area (Å²) in [6.45, 7) is 2.27. The summed E-state index contributed by atoms with van der Waals surface area (Å²) in [5.41, 5.74) is 5.11. The first-order chi connectivity index (χ1) is 8.81. The summed E-state index contributed by atoms with van der Waals surface area (Å²) >= 11 is 5.76. The Hall–Kier alpha value is -0.890. The van der Waals surface area contributed by atoms with E-state index in [1.807, 2.05) is 0 Å². The maximum Gasteiger partial charge on any atom is 0.242 e. The van der Waals surface area contributed by atoms with Crippen LogP contribution in [0.2, 0.25) is 5.02 Å². The molecule has 106 valence electrons. The number of halogens is 2. The van der Waals surface area contributed by atoms with Gasteiger partial charge in [-0.15, -0.1) is 0 Å². The summed E-state index contributed by atoms with van der Waals surface area (Å²) < 4.78 is 45.3. The van der Waals surface area contributed by atoms with Gasteiger partial charge in [0, 0.05) is 6.61 Å². The molecule has 0 aromatic heterocycles. The third kappa shape index (κ3) is 3.00. The molecule has 0 spiro atoms. The fourth-order valence-corrected chi connectivity index (χ4v) is 3.79. The van der Waals surface area contributed by atoms with Crippen molar-refractivity contribution in [3.05, 3.63) is 23.0 Å². The van der Waals surface area contributed by atoms with E-state index in [2.05, 4.69) is 4.72 Å². The molecule has 1 aliphatic rings. The maximum absolute atomic E-state index is 13.2. The van der Waals surface area contributed by atoms with Gasteiger partial charge in [0.25, 0.3) is 0 Å². The molecule has 1 saturated heterocycles. The van der Waals surface area contributed by atoms with E-state index >= 15 is 0 Å². The fraction of sp³-hybridized carbons (Fsp3) is 0.455. The lowest BCUT2D eigenvalue weighted by Gasteiger charge is -2.17. The van der Waals surface area contributed by atoms with Gasteiger partial charge < -0.3 is 10.5 Å². The van der Waals surface area contributed by atoms with E-state index in [-0.39, 0.29) is 27.8 Å². The van der Waals surface area contributed by atoms with Crippen molar-refractivity contribution in [1.82, 2.24) is 4.72 Å². The summed E-state index contributed by atoms with van der Waals surface area (Å²) in [7, 11) is -3.86. The predicted molar refractivity (Wildman–Crippen MR) is 70.0 cm³/mol. The lowest BCUT2D eigenvalue weighted by atomic mass is 10.2. The van der Waals surface area contributed by atoms with Crippen LogP contribution in [0.3, 0.4) is 0 Å². The van der Waals surface area contributed by atoms with Crippen molar-refractivity contribution in [2.75, 3.05) is 12.3 Å². The second-order valence-electron chi connectivity index (χ2n) is 4.40. The van der Waals surface area contributed by atoms with E-state index in [1.54, 1.807) is 6.92 Å². The molecule has 0 saturated carbocycles. The molecular formula is C11H14ClFN2O3S. The van der Waals surface area contributed by atoms with E-state index in [0.29, 0.717) is 13.0 Å². The molecule has 1 heterocycles. The molecule has 1 aromatic carbocycles. The van der Waals surface area contributed by atoms with Gasteiger partial charge >= 0.3 is 0 Å². The highest BCUT2D eigenvalue weighted by atomic mass is 35.5. The van der Waals surface area contributed by atoms with Crippen LogP contribution >= 0.6 is 11.6 Å². The van der Waals surface area contributed by atoms with Crippen molar-refractivity contribution in [1.29, 1.82) is 0 Å². The number of benzene rings is 1. The van der Waals surface area contributed by atoms with E-state index in [0.717, 1.165) is 12.1 Å². The molecule has 19 heavy (non-hydrogen) atoms. The standard InChI is InChI=1S/C11H14ClFN2O3S/c1-6-10(2-3-18-6)15-19(16,17)11-5-9(14)8(13)4-7(11)12/h4-6,10,15H,2-3,14H2,1H3. The quantitative estimate of drug-likeness (QED) is 0.830. The lowest BCUT2D eigenvalue weighted by molar-refractivity contribution is 0.117. The summed E-state index contributed by atoms with van der Waals surface area (Å²) in [5, 5.41) is -0.203. The van der Waals surface area contributed by atoms with Gasteiger partial charge in [0.05, 0.1) is 22.9 Å². The highest BCUT2D eigenvalue weighted by Crippen LogP contribution is 2.27. The Bertz CT molecular complexity index is 594. The van der Waals surface area contributed by atoms with Crippen molar-refractivity contribution in [2.45, 2.75) is 30.4 Å². The first kappa shape index (κ1) is 14.5. The van der Waals surface area contributed by atoms with E-state index in [4.69, 9.17) is 22.1 Å². The minimum atomic E-state index is -3.86. The van der Waals surface area contributed by atoms with Gasteiger partial charge in [-0.3, -0.25) is 0 Å². The molecule has 1 aromatic rings. The Labute approximate surface area is 115 Å². The summed E-state index contributed by atoms with van der Waals surface area (Å²) in [6, 6.07) is 1.58. The van der Waals surface area contributed by atoms with E-state index in [9.17, 15) is 12.8 Å². The zero-order valence-corrected chi connectivity index (χ0v) is 11.8. The smallest absolute Gasteiger partial charge is 0.242 e. The number of rotatable bonds is 3. The number of anilines is 1. The molecule has 1 aliphatic heterocycles. The van der Waals surface area contributed by atoms with Crippen molar-refractivity contribution < 1.29 is 17.5 Å². The second-order valence-corrected chi connectivity index (χ2v) is 6.49. The predicted octanol–water partition coefficient (Wildman–Crippen LogP) is 1.52. The second kappa shape index (κ2) is 5.24. The topological polar surface area (TPSA) is 81.4 Å². The van der Waals surface area contributed by atoms with Gasteiger partial charge in [0.15, 0.2) is 0 Å². The van der Waals surface area contributed by atoms with Gasteiger partial charge in [-0.05, 0) is 25.5 Å². The van der Waals surface area contributed by atoms with Crippen LogP contribution < -0.4 is 10.5 Å². The van der Waals surface area contributed by atoms with Crippen molar-refractivity contribution in [3.63, 3.8) is 0 Å². The molecule has 0 radical (unpaired) electrons. The number of hydrogen-bond donors (Lipinski definition) is 2. The molecule has 2 unspecified atom stereocenters. The van der Waals surface area contributed by atoms with Gasteiger partial charge in [-0.25, -0.2) is 17.5 Å². The van der Waals surface area contributed by atoms with Crippen LogP contribution in [0.1, 0.15) is 13.3 Å². The molecule has 0 bridgehead atoms. The van der Waals surface area contributed by atoms with Crippen LogP contribution in [0.4, 0.5) is 10.1 Å². The molecule has 1 fully saturated rings. The average Bonchev–Trinajstić information content (AvgIpc) is 2.69. The molecular weight excluding hydrogens is 295 g/mol. The van der Waals surface area contributed by atoms with Crippen molar-refractivity contribution >= 4 is 27.3 Å². The minimum Gasteiger partial charge on any atom is -0.396 e. The number of nitrogen functional groups attached to an aromatic ring is 1. The number of sulfonamides is 1. The highest BCUT2D eigenvalue weighted by Gasteiger charge is 2.30. The normalized spacial score (nSPS) is 23.7. The Morgan fingerprint density at radius 2 is 2.21 bits per heavy atom. The van der Waals surface area contributed by atoms with Crippen LogP contribution in [0.5, 0.6) is 0 Å². The van der Waals surface area contributed by atoms with Gasteiger partial charge in [-0.2, -0.15) is 0 Å². The monoisotopic (exact) mass is 308 g/mol. The third-order valence-electron chi connectivity index (χ3n) is 3.02. The molecule has 2 atom stereocenters. The van der Waals surface area contributed by atoms with Gasteiger partial charge in [-0.1, -0.05) is 11.6 Å². The SMILES string of the molecule is CC1OCCC1NS(=O)(=O)c1cc(N)c(F)cc1Cl. The van der Waals surface area contributed by atoms with Gasteiger partial charge in [0.2, 0.25) is 10.0 Å². The summed E-state index contributed by atoms with van der Waals surface area (Å²) in [5.74, 6) is -0.749. The van der Waals surface area contributed by atoms with Crippen molar-refractivity contribution in [3.8, 4) is 0 Å². The molecule has 2 rings (SSSR count). The first-order valence-corrected chi connectivity index (χ1v) is 7.56. The molecule has 8 heteroatoms. The number of ether oxygens (including phenoxy) is 1. The van der Waals surface area contributed by atoms with Crippen LogP contribution in [0.15, 0.2) is 17.0 Å². The molecule has 0 aliphatic carbocycles. The average molecular weight is 309 g/mol. The van der Waals surface area contributed by atoms with Crippen LogP contribution in [0, 0.1) is 5.82 Å². The van der Waals surface area contributed by atoms with Crippen LogP contribution in [-0.4, -0.2) is 27.2 Å². The lowest BCUT2D eigenvalue weighted by Crippen LogP contribution is -2.39. The minimum absolute atomic E-state index is 0.203. The number of nitrogens with two attached hydrogens (primary N) is 1. The fourth-order valence-electron chi connectivity index (χ4n) is 1.90. The zero-order chi connectivity index (χ0) is 14.2. The third-order valence-corrected chi connectivity index (χ3v) is 4.98. The molecule has 0 amide bonds. The van der Waals surface area contributed by atoms with Crippen molar-refractivity contribution in [2.24, 2.45) is 0 Å². The number of nitrogens with one attached hydrogen (secondary N) is 1. The largest absolute Gasteiger partial charge is 0.396 e. The Balaban J connectivity index is 2.32. The van der Waals surface area contributed by atoms with Crippen LogP contribution in [-0.2, 0) is 14.8 Å². The summed E-state index contributed by atoms with van der Waals surface area (Å²) in [6.07, 6.45) is 0.362. The van der Waals surface area contributed by atoms with Crippen LogP contribution in [0.25, 0.3) is 0 Å². The maximum atomic E-state index is 13.2. The first-order valence-electron chi connectivity index (χ1n) is 5.69. The Morgan fingerprint density at radius 1 is 1.53 bits per heavy atom. The Kier molecular flexibility index (Phi) is 4.00. The van der Waals surface area contributed by atoms with Gasteiger partial charge in [0.1, 0.15) is 10.7 Å². The zero-order valence-electron chi connectivity index (χ0n) is 10.2. The Morgan fingerprint density at radius 3 is 2.79 bits per heavy atom. The molecule has 5 nitrogen and oxygen atoms in total. The number of hydrogen-bond acceptors (Lipinski definition) is 4.